The molecule has 2 heterocycles. The summed E-state index contributed by atoms with van der Waals surface area (Å²) in [6.45, 7) is -0.205. The highest BCUT2D eigenvalue weighted by molar-refractivity contribution is 7.16. The third-order valence-electron chi connectivity index (χ3n) is 4.26. The number of benzene rings is 2. The molecule has 10 nitrogen and oxygen atoms in total. The van der Waals surface area contributed by atoms with Gasteiger partial charge in [-0.1, -0.05) is 23.5 Å². The fourth-order valence-corrected chi connectivity index (χ4v) is 3.87. The van der Waals surface area contributed by atoms with Crippen molar-refractivity contribution in [3.05, 3.63) is 69.3 Å². The number of nitro benzene ring substituents is 1. The molecule has 0 spiro atoms. The molecule has 0 aliphatic rings. The molecule has 0 saturated heterocycles. The van der Waals surface area contributed by atoms with E-state index in [9.17, 15) is 19.7 Å². The van der Waals surface area contributed by atoms with Crippen LogP contribution in [0.25, 0.3) is 21.3 Å². The van der Waals surface area contributed by atoms with Crippen LogP contribution in [0.4, 0.5) is 5.69 Å². The van der Waals surface area contributed by atoms with E-state index in [0.717, 1.165) is 11.3 Å². The maximum atomic E-state index is 12.7. The number of esters is 1. The van der Waals surface area contributed by atoms with Gasteiger partial charge >= 0.3 is 5.97 Å². The van der Waals surface area contributed by atoms with E-state index in [2.05, 4.69) is 15.0 Å². The van der Waals surface area contributed by atoms with Crippen LogP contribution >= 0.6 is 11.3 Å². The number of aromatic nitrogens is 3. The monoisotopic (exact) mass is 423 g/mol. The number of nitrogens with zero attached hydrogens (tertiary/aromatic N) is 5. The smallest absolute Gasteiger partial charge is 0.325 e. The first-order chi connectivity index (χ1) is 14.5. The summed E-state index contributed by atoms with van der Waals surface area (Å²) in [6.07, 6.45) is 1.33. The van der Waals surface area contributed by atoms with E-state index in [4.69, 9.17) is 4.74 Å². The third kappa shape index (κ3) is 3.65. The molecule has 0 atom stereocenters. The second-order valence-electron chi connectivity index (χ2n) is 6.12. The fraction of sp³-hybridized carbons (Fsp3) is 0.105. The lowest BCUT2D eigenvalue weighted by atomic mass is 10.3. The summed E-state index contributed by atoms with van der Waals surface area (Å²) in [5.74, 6) is -1.19. The Balaban J connectivity index is 1.84. The number of hydrogen-bond donors (Lipinski definition) is 0. The molecule has 0 fully saturated rings. The zero-order chi connectivity index (χ0) is 21.3. The molecule has 0 N–H and O–H groups in total. The first-order valence-electron chi connectivity index (χ1n) is 8.61. The molecular weight excluding hydrogens is 410 g/mol. The van der Waals surface area contributed by atoms with Gasteiger partial charge in [0.2, 0.25) is 0 Å². The quantitative estimate of drug-likeness (QED) is 0.280. The molecule has 0 bridgehead atoms. The van der Waals surface area contributed by atoms with E-state index < -0.39 is 16.8 Å². The molecule has 30 heavy (non-hydrogen) atoms. The summed E-state index contributed by atoms with van der Waals surface area (Å²) in [7, 11) is 1.24. The average molecular weight is 423 g/mol. The number of thiazole rings is 1. The molecule has 1 amide bonds. The van der Waals surface area contributed by atoms with Crippen LogP contribution < -0.4 is 4.80 Å². The number of non-ortho nitro benzene ring substituents is 1. The summed E-state index contributed by atoms with van der Waals surface area (Å²) < 4.78 is 6.69. The zero-order valence-electron chi connectivity index (χ0n) is 15.5. The van der Waals surface area contributed by atoms with E-state index in [1.807, 2.05) is 6.07 Å². The molecule has 0 aliphatic heterocycles. The second-order valence-corrected chi connectivity index (χ2v) is 7.13. The van der Waals surface area contributed by atoms with Gasteiger partial charge in [-0.15, -0.1) is 0 Å². The predicted octanol–water partition coefficient (Wildman–Crippen LogP) is 2.47. The van der Waals surface area contributed by atoms with E-state index in [1.165, 1.54) is 36.1 Å². The van der Waals surface area contributed by atoms with Crippen LogP contribution in [-0.2, 0) is 16.1 Å². The van der Waals surface area contributed by atoms with Gasteiger partial charge in [-0.05, 0) is 18.2 Å². The van der Waals surface area contributed by atoms with Crippen molar-refractivity contribution >= 4 is 50.2 Å². The highest BCUT2D eigenvalue weighted by Gasteiger charge is 2.16. The summed E-state index contributed by atoms with van der Waals surface area (Å²) in [5.41, 5.74) is 1.65. The minimum absolute atomic E-state index is 0.0433. The van der Waals surface area contributed by atoms with Crippen molar-refractivity contribution in [3.63, 3.8) is 0 Å². The molecular formula is C19H13N5O5S. The lowest BCUT2D eigenvalue weighted by molar-refractivity contribution is -0.384. The number of carbonyl (C=O) groups excluding carboxylic acids is 2. The minimum atomic E-state index is -0.645. The lowest BCUT2D eigenvalue weighted by Crippen LogP contribution is -2.22. The molecule has 2 aromatic heterocycles. The number of ether oxygens (including phenoxy) is 1. The van der Waals surface area contributed by atoms with Crippen LogP contribution in [0.3, 0.4) is 0 Å². The van der Waals surface area contributed by atoms with Gasteiger partial charge in [0.25, 0.3) is 11.6 Å². The normalized spacial score (nSPS) is 11.7. The van der Waals surface area contributed by atoms with Crippen molar-refractivity contribution in [2.24, 2.45) is 4.99 Å². The zero-order valence-corrected chi connectivity index (χ0v) is 16.3. The van der Waals surface area contributed by atoms with Crippen molar-refractivity contribution in [1.29, 1.82) is 0 Å². The van der Waals surface area contributed by atoms with Crippen LogP contribution in [0, 0.1) is 10.1 Å². The molecule has 0 radical (unpaired) electrons. The molecule has 11 heteroatoms. The topological polar surface area (TPSA) is 130 Å². The van der Waals surface area contributed by atoms with Crippen LogP contribution in [-0.4, -0.2) is 38.4 Å². The Morgan fingerprint density at radius 2 is 2.00 bits per heavy atom. The van der Waals surface area contributed by atoms with Crippen molar-refractivity contribution in [2.75, 3.05) is 7.11 Å². The maximum Gasteiger partial charge on any atom is 0.325 e. The average Bonchev–Trinajstić information content (AvgIpc) is 3.09. The maximum absolute atomic E-state index is 12.7. The van der Waals surface area contributed by atoms with Gasteiger partial charge < -0.3 is 9.30 Å². The lowest BCUT2D eigenvalue weighted by Gasteiger charge is -2.03. The van der Waals surface area contributed by atoms with E-state index in [-0.39, 0.29) is 22.7 Å². The molecule has 0 unspecified atom stereocenters. The van der Waals surface area contributed by atoms with Crippen molar-refractivity contribution in [1.82, 2.24) is 14.5 Å². The van der Waals surface area contributed by atoms with Gasteiger partial charge in [-0.2, -0.15) is 4.99 Å². The first-order valence-corrected chi connectivity index (χ1v) is 9.43. The van der Waals surface area contributed by atoms with Crippen LogP contribution in [0.1, 0.15) is 10.5 Å². The van der Waals surface area contributed by atoms with Crippen molar-refractivity contribution in [2.45, 2.75) is 6.54 Å². The number of methoxy groups -OCH3 is 1. The summed E-state index contributed by atoms with van der Waals surface area (Å²) >= 11 is 1.05. The van der Waals surface area contributed by atoms with Gasteiger partial charge in [0.15, 0.2) is 4.80 Å². The fourth-order valence-electron chi connectivity index (χ4n) is 2.81. The third-order valence-corrected chi connectivity index (χ3v) is 5.30. The Kier molecular flexibility index (Phi) is 5.02. The Bertz CT molecular complexity index is 1390. The van der Waals surface area contributed by atoms with Crippen LogP contribution in [0.5, 0.6) is 0 Å². The largest absolute Gasteiger partial charge is 0.468 e. The SMILES string of the molecule is COC(=O)Cn1c(=NC(=O)c2cnc3ccccc3n2)sc2cc([N+](=O)[O-])ccc21. The number of amides is 1. The molecule has 0 aliphatic carbocycles. The van der Waals surface area contributed by atoms with E-state index in [0.29, 0.717) is 21.3 Å². The van der Waals surface area contributed by atoms with Gasteiger partial charge in [0, 0.05) is 12.1 Å². The van der Waals surface area contributed by atoms with Crippen LogP contribution in [0.2, 0.25) is 0 Å². The van der Waals surface area contributed by atoms with Gasteiger partial charge in [-0.3, -0.25) is 24.7 Å². The first kappa shape index (κ1) is 19.3. The number of nitro groups is 1. The summed E-state index contributed by atoms with van der Waals surface area (Å²) in [4.78, 5) is 47.9. The van der Waals surface area contributed by atoms with Crippen LogP contribution in [0.15, 0.2) is 53.7 Å². The van der Waals surface area contributed by atoms with Gasteiger partial charge in [-0.25, -0.2) is 4.98 Å². The van der Waals surface area contributed by atoms with Gasteiger partial charge in [0.05, 0.1) is 39.5 Å². The molecule has 4 aromatic rings. The van der Waals surface area contributed by atoms with E-state index in [1.54, 1.807) is 18.2 Å². The Morgan fingerprint density at radius 1 is 1.23 bits per heavy atom. The number of fused-ring (bicyclic) bond motifs is 2. The molecule has 0 saturated carbocycles. The molecule has 150 valence electrons. The number of hydrogen-bond acceptors (Lipinski definition) is 8. The highest BCUT2D eigenvalue weighted by atomic mass is 32.1. The summed E-state index contributed by atoms with van der Waals surface area (Å²) in [6, 6.07) is 11.3. The molecule has 4 rings (SSSR count). The minimum Gasteiger partial charge on any atom is -0.468 e. The molecule has 2 aromatic carbocycles. The van der Waals surface area contributed by atoms with E-state index >= 15 is 0 Å². The number of para-hydroxylation sites is 2. The van der Waals surface area contributed by atoms with Crippen molar-refractivity contribution < 1.29 is 19.2 Å². The Hall–Kier alpha value is -3.99. The Morgan fingerprint density at radius 3 is 2.73 bits per heavy atom. The number of carbonyl (C=O) groups is 2. The predicted molar refractivity (Wildman–Crippen MR) is 108 cm³/mol. The highest BCUT2D eigenvalue weighted by Crippen LogP contribution is 2.23. The summed E-state index contributed by atoms with van der Waals surface area (Å²) in [5, 5.41) is 11.1. The van der Waals surface area contributed by atoms with Crippen molar-refractivity contribution in [3.8, 4) is 0 Å². The number of rotatable bonds is 4. The Labute approximate surface area is 172 Å². The standard InChI is InChI=1S/C19H13N5O5S/c1-29-17(25)10-23-15-7-6-11(24(27)28)8-16(15)30-19(23)22-18(26)14-9-20-12-4-2-3-5-13(12)21-14/h2-9H,10H2,1H3. The van der Waals surface area contributed by atoms with Gasteiger partial charge in [0.1, 0.15) is 12.2 Å². The second kappa shape index (κ2) is 7.79.